The van der Waals surface area contributed by atoms with Gasteiger partial charge in [-0.1, -0.05) is 6.92 Å². The van der Waals surface area contributed by atoms with Gasteiger partial charge in [-0.25, -0.2) is 0 Å². The highest BCUT2D eigenvalue weighted by Crippen LogP contribution is 2.36. The minimum atomic E-state index is -0.883. The molecule has 0 bridgehead atoms. The third kappa shape index (κ3) is 2.50. The molecule has 0 heterocycles. The lowest BCUT2D eigenvalue weighted by atomic mass is 9.93. The largest absolute Gasteiger partial charge is 0.299 e. The topological polar surface area (TPSA) is 103 Å². The summed E-state index contributed by atoms with van der Waals surface area (Å²) in [7, 11) is 0. The van der Waals surface area contributed by atoms with Crippen LogP contribution in [0.5, 0.6) is 0 Å². The van der Waals surface area contributed by atoms with Gasteiger partial charge in [0.15, 0.2) is 0 Å². The fourth-order valence-corrected chi connectivity index (χ4v) is 1.71. The fraction of sp³-hybridized carbons (Fsp3) is 0.364. The summed E-state index contributed by atoms with van der Waals surface area (Å²) in [6.07, 6.45) is 0. The minimum absolute atomic E-state index is 0.136. The van der Waals surface area contributed by atoms with Crippen LogP contribution in [0.3, 0.4) is 0 Å². The van der Waals surface area contributed by atoms with E-state index >= 15 is 0 Å². The van der Waals surface area contributed by atoms with Gasteiger partial charge in [0.1, 0.15) is 11.3 Å². The lowest BCUT2D eigenvalue weighted by Crippen LogP contribution is -2.10. The van der Waals surface area contributed by atoms with Crippen molar-refractivity contribution in [3.8, 4) is 0 Å². The Morgan fingerprint density at radius 3 is 1.83 bits per heavy atom. The van der Waals surface area contributed by atoms with Crippen molar-refractivity contribution in [2.75, 3.05) is 0 Å². The summed E-state index contributed by atoms with van der Waals surface area (Å²) >= 11 is 0. The van der Waals surface area contributed by atoms with Gasteiger partial charge in [-0.05, 0) is 19.4 Å². The SMILES string of the molecule is CC(=O)C(C)c1c([N+](=O)[O-])cc(C)cc1[N+](=O)[O-]. The first-order chi connectivity index (χ1) is 8.25. The maximum atomic E-state index is 11.3. The Bertz CT molecular complexity index is 503. The third-order valence-corrected chi connectivity index (χ3v) is 2.72. The van der Waals surface area contributed by atoms with E-state index in [1.54, 1.807) is 0 Å². The molecule has 0 aromatic heterocycles. The lowest BCUT2D eigenvalue weighted by molar-refractivity contribution is -0.395. The smallest absolute Gasteiger partial charge is 0.280 e. The zero-order valence-corrected chi connectivity index (χ0v) is 10.2. The Hall–Kier alpha value is -2.31. The van der Waals surface area contributed by atoms with Crippen LogP contribution in [0.2, 0.25) is 0 Å². The summed E-state index contributed by atoms with van der Waals surface area (Å²) in [5.74, 6) is -1.24. The van der Waals surface area contributed by atoms with E-state index in [2.05, 4.69) is 0 Å². The molecule has 7 nitrogen and oxygen atoms in total. The number of nitrogens with zero attached hydrogens (tertiary/aromatic N) is 2. The molecule has 0 fully saturated rings. The monoisotopic (exact) mass is 252 g/mol. The highest BCUT2D eigenvalue weighted by Gasteiger charge is 2.31. The van der Waals surface area contributed by atoms with Crippen LogP contribution in [0.4, 0.5) is 11.4 Å². The molecule has 1 aromatic carbocycles. The minimum Gasteiger partial charge on any atom is -0.299 e. The van der Waals surface area contributed by atoms with Crippen LogP contribution in [-0.2, 0) is 4.79 Å². The molecular formula is C11H12N2O5. The Kier molecular flexibility index (Phi) is 3.75. The number of rotatable bonds is 4. The average Bonchev–Trinajstić information content (AvgIpc) is 2.26. The Labute approximate surface area is 103 Å². The molecule has 1 atom stereocenters. The van der Waals surface area contributed by atoms with Crippen molar-refractivity contribution in [3.05, 3.63) is 43.5 Å². The van der Waals surface area contributed by atoms with Crippen LogP contribution in [0, 0.1) is 27.2 Å². The van der Waals surface area contributed by atoms with Crippen LogP contribution >= 0.6 is 0 Å². The van der Waals surface area contributed by atoms with E-state index in [0.717, 1.165) is 0 Å². The van der Waals surface area contributed by atoms with Crippen LogP contribution in [0.25, 0.3) is 0 Å². The predicted octanol–water partition coefficient (Wildman–Crippen LogP) is 2.50. The second kappa shape index (κ2) is 4.91. The summed E-state index contributed by atoms with van der Waals surface area (Å²) in [5.41, 5.74) is -0.496. The molecule has 18 heavy (non-hydrogen) atoms. The molecule has 0 aliphatic rings. The summed E-state index contributed by atoms with van der Waals surface area (Å²) in [6, 6.07) is 2.48. The van der Waals surface area contributed by atoms with Crippen molar-refractivity contribution >= 4 is 17.2 Å². The molecule has 0 aliphatic carbocycles. The summed E-state index contributed by atoms with van der Waals surface area (Å²) in [4.78, 5) is 31.8. The number of aryl methyl sites for hydroxylation is 1. The normalized spacial score (nSPS) is 11.9. The molecule has 7 heteroatoms. The molecule has 0 spiro atoms. The molecule has 1 aromatic rings. The summed E-state index contributed by atoms with van der Waals surface area (Å²) in [5, 5.41) is 21.9. The Morgan fingerprint density at radius 1 is 1.17 bits per heavy atom. The Morgan fingerprint density at radius 2 is 1.56 bits per heavy atom. The second-order valence-corrected chi connectivity index (χ2v) is 4.06. The van der Waals surface area contributed by atoms with Crippen LogP contribution in [0.1, 0.15) is 30.9 Å². The van der Waals surface area contributed by atoms with Gasteiger partial charge >= 0.3 is 0 Å². The number of nitro benzene ring substituents is 2. The molecule has 0 N–H and O–H groups in total. The van der Waals surface area contributed by atoms with E-state index in [9.17, 15) is 25.0 Å². The average molecular weight is 252 g/mol. The predicted molar refractivity (Wildman–Crippen MR) is 63.6 cm³/mol. The van der Waals surface area contributed by atoms with E-state index in [0.29, 0.717) is 5.56 Å². The molecule has 0 amide bonds. The first-order valence-electron chi connectivity index (χ1n) is 5.19. The van der Waals surface area contributed by atoms with E-state index in [1.165, 1.54) is 32.9 Å². The quantitative estimate of drug-likeness (QED) is 0.604. The van der Waals surface area contributed by atoms with Crippen LogP contribution < -0.4 is 0 Å². The number of nitro groups is 2. The number of carbonyl (C=O) groups excluding carboxylic acids is 1. The summed E-state index contributed by atoms with van der Waals surface area (Å²) in [6.45, 7) is 4.20. The number of hydrogen-bond acceptors (Lipinski definition) is 5. The lowest BCUT2D eigenvalue weighted by Gasteiger charge is -2.10. The van der Waals surface area contributed by atoms with Gasteiger partial charge in [-0.15, -0.1) is 0 Å². The summed E-state index contributed by atoms with van der Waals surface area (Å²) < 4.78 is 0. The van der Waals surface area contributed by atoms with Gasteiger partial charge in [0.2, 0.25) is 0 Å². The van der Waals surface area contributed by atoms with Gasteiger partial charge in [-0.2, -0.15) is 0 Å². The zero-order valence-electron chi connectivity index (χ0n) is 10.2. The highest BCUT2D eigenvalue weighted by atomic mass is 16.6. The maximum Gasteiger partial charge on any atom is 0.280 e. The van der Waals surface area contributed by atoms with E-state index in [1.807, 2.05) is 0 Å². The molecule has 0 saturated heterocycles. The number of Topliss-reactive ketones (excluding diaryl/α,β-unsaturated/α-hetero) is 1. The molecule has 0 saturated carbocycles. The standard InChI is InChI=1S/C11H12N2O5/c1-6-4-9(12(15)16)11(7(2)8(3)14)10(5-6)13(17)18/h4-5,7H,1-3H3. The second-order valence-electron chi connectivity index (χ2n) is 4.06. The Balaban J connectivity index is 3.66. The maximum absolute atomic E-state index is 11.3. The van der Waals surface area contributed by atoms with Crippen molar-refractivity contribution in [3.63, 3.8) is 0 Å². The van der Waals surface area contributed by atoms with Gasteiger partial charge in [0, 0.05) is 12.1 Å². The van der Waals surface area contributed by atoms with Crippen molar-refractivity contribution in [2.24, 2.45) is 0 Å². The van der Waals surface area contributed by atoms with E-state index in [4.69, 9.17) is 0 Å². The molecule has 0 aliphatic heterocycles. The van der Waals surface area contributed by atoms with E-state index in [-0.39, 0.29) is 22.7 Å². The molecule has 1 rings (SSSR count). The number of ketones is 1. The fourth-order valence-electron chi connectivity index (χ4n) is 1.71. The van der Waals surface area contributed by atoms with Gasteiger partial charge in [0.05, 0.1) is 15.8 Å². The van der Waals surface area contributed by atoms with Crippen molar-refractivity contribution < 1.29 is 14.6 Å². The van der Waals surface area contributed by atoms with Crippen LogP contribution in [0.15, 0.2) is 12.1 Å². The van der Waals surface area contributed by atoms with Crippen LogP contribution in [-0.4, -0.2) is 15.6 Å². The number of carbonyl (C=O) groups is 1. The van der Waals surface area contributed by atoms with Gasteiger partial charge in [0.25, 0.3) is 11.4 Å². The van der Waals surface area contributed by atoms with Gasteiger partial charge < -0.3 is 0 Å². The van der Waals surface area contributed by atoms with Crippen molar-refractivity contribution in [1.82, 2.24) is 0 Å². The number of hydrogen-bond donors (Lipinski definition) is 0. The van der Waals surface area contributed by atoms with Crippen molar-refractivity contribution in [2.45, 2.75) is 26.7 Å². The zero-order chi connectivity index (χ0) is 14.0. The highest BCUT2D eigenvalue weighted by molar-refractivity contribution is 5.86. The molecule has 1 unspecified atom stereocenters. The molecule has 0 radical (unpaired) electrons. The first kappa shape index (κ1) is 13.8. The third-order valence-electron chi connectivity index (χ3n) is 2.72. The first-order valence-corrected chi connectivity index (χ1v) is 5.19. The molecule has 96 valence electrons. The van der Waals surface area contributed by atoms with Gasteiger partial charge in [-0.3, -0.25) is 25.0 Å². The molecular weight excluding hydrogens is 240 g/mol. The number of benzene rings is 1. The van der Waals surface area contributed by atoms with Crippen molar-refractivity contribution in [1.29, 1.82) is 0 Å². The van der Waals surface area contributed by atoms with E-state index < -0.39 is 15.8 Å².